The number of carbonyl (C=O) groups excluding carboxylic acids is 11. The van der Waals surface area contributed by atoms with Crippen molar-refractivity contribution in [2.75, 3.05) is 65.9 Å². The average Bonchev–Trinajstić information content (AvgIpc) is 1.10. The van der Waals surface area contributed by atoms with Crippen molar-refractivity contribution < 1.29 is 114 Å². The van der Waals surface area contributed by atoms with Gasteiger partial charge in [-0.1, -0.05) is 56.0 Å². The fourth-order valence-electron chi connectivity index (χ4n) is 8.90. The maximum Gasteiger partial charge on any atom is 0.407 e. The number of rotatable bonds is 39. The van der Waals surface area contributed by atoms with Gasteiger partial charge < -0.3 is 88.2 Å². The smallest absolute Gasteiger partial charge is 0.407 e. The van der Waals surface area contributed by atoms with Crippen LogP contribution in [0.15, 0.2) is 30.3 Å². The largest absolute Gasteiger partial charge is 0.463 e. The van der Waals surface area contributed by atoms with Crippen LogP contribution >= 0.6 is 0 Å². The van der Waals surface area contributed by atoms with Crippen molar-refractivity contribution >= 4 is 65.5 Å². The molecule has 0 radical (unpaired) electrons. The Hall–Kier alpha value is -7.05. The molecule has 10 unspecified atom stereocenters. The molecule has 0 bridgehead atoms. The Morgan fingerprint density at radius 3 is 1.24 bits per heavy atom. The van der Waals surface area contributed by atoms with Gasteiger partial charge in [-0.3, -0.25) is 47.9 Å². The molecule has 0 aliphatic carbocycles. The molecule has 2 fully saturated rings. The molecule has 86 heavy (non-hydrogen) atoms. The highest BCUT2D eigenvalue weighted by Gasteiger charge is 2.53. The van der Waals surface area contributed by atoms with E-state index in [0.717, 1.165) is 33.3 Å². The van der Waals surface area contributed by atoms with Crippen LogP contribution in [0.4, 0.5) is 4.79 Å². The van der Waals surface area contributed by atoms with E-state index in [0.29, 0.717) is 64.5 Å². The SMILES string of the molecule is CC(=O)NC1C(OCCCCCCNC(=O)CCOCC(COCCC(=O)NCCCCCCOC2OC(COC(C)=O)C(OC(C)=O)C(OC(C)=O)C2NC(C)=O)NC(=O)OCc2ccccc2)OC(COC(C)=O)C(OC(C)=O)C1OC(C)=O. The number of esters is 6. The van der Waals surface area contributed by atoms with Crippen LogP contribution in [0.2, 0.25) is 0 Å². The Morgan fingerprint density at radius 1 is 0.465 bits per heavy atom. The number of unbranched alkanes of at least 4 members (excludes halogenated alkanes) is 6. The van der Waals surface area contributed by atoms with E-state index in [4.69, 9.17) is 61.6 Å². The molecular weight excluding hydrogens is 1140 g/mol. The third-order valence-electron chi connectivity index (χ3n) is 12.6. The van der Waals surface area contributed by atoms with Gasteiger partial charge in [0.05, 0.1) is 32.5 Å². The zero-order valence-electron chi connectivity index (χ0n) is 50.4. The van der Waals surface area contributed by atoms with Gasteiger partial charge in [-0.2, -0.15) is 0 Å². The Balaban J connectivity index is 1.38. The first-order valence-corrected chi connectivity index (χ1v) is 28.7. The van der Waals surface area contributed by atoms with Gasteiger partial charge in [0, 0.05) is 94.5 Å². The zero-order valence-corrected chi connectivity index (χ0v) is 50.4. The van der Waals surface area contributed by atoms with Gasteiger partial charge in [0.1, 0.15) is 44.1 Å². The fourth-order valence-corrected chi connectivity index (χ4v) is 8.90. The predicted molar refractivity (Wildman–Crippen MR) is 297 cm³/mol. The van der Waals surface area contributed by atoms with E-state index in [9.17, 15) is 52.7 Å². The molecule has 0 aromatic heterocycles. The lowest BCUT2D eigenvalue weighted by Crippen LogP contribution is -2.66. The van der Waals surface area contributed by atoms with Crippen LogP contribution in [0.3, 0.4) is 0 Å². The van der Waals surface area contributed by atoms with Crippen LogP contribution in [0.5, 0.6) is 0 Å². The second-order valence-electron chi connectivity index (χ2n) is 20.3. The molecule has 29 nitrogen and oxygen atoms in total. The van der Waals surface area contributed by atoms with Gasteiger partial charge in [-0.05, 0) is 31.2 Å². The summed E-state index contributed by atoms with van der Waals surface area (Å²) in [4.78, 5) is 134. The molecule has 10 atom stereocenters. The second-order valence-corrected chi connectivity index (χ2v) is 20.3. The Bertz CT molecular complexity index is 2180. The highest BCUT2D eigenvalue weighted by Crippen LogP contribution is 2.30. The molecule has 5 N–H and O–H groups in total. The third-order valence-corrected chi connectivity index (χ3v) is 12.6. The average molecular weight is 1230 g/mol. The number of benzene rings is 1. The predicted octanol–water partition coefficient (Wildman–Crippen LogP) is 1.79. The fraction of sp³-hybridized carbons (Fsp3) is 0.702. The Morgan fingerprint density at radius 2 is 0.860 bits per heavy atom. The number of ether oxygens (including phenoxy) is 13. The molecule has 1 aromatic rings. The Kier molecular flexibility index (Phi) is 35.0. The van der Waals surface area contributed by atoms with Crippen molar-refractivity contribution in [1.82, 2.24) is 26.6 Å². The summed E-state index contributed by atoms with van der Waals surface area (Å²) >= 11 is 0. The third kappa shape index (κ3) is 30.9. The van der Waals surface area contributed by atoms with E-state index >= 15 is 0 Å². The number of nitrogens with one attached hydrogen (secondary N) is 5. The number of hydrogen-bond donors (Lipinski definition) is 5. The van der Waals surface area contributed by atoms with Crippen molar-refractivity contribution in [3.05, 3.63) is 35.9 Å². The van der Waals surface area contributed by atoms with Crippen LogP contribution in [0.1, 0.15) is 125 Å². The summed E-state index contributed by atoms with van der Waals surface area (Å²) in [5.41, 5.74) is 0.781. The molecule has 5 amide bonds. The summed E-state index contributed by atoms with van der Waals surface area (Å²) in [6.07, 6.45) is -4.90. The molecule has 2 saturated heterocycles. The normalized spacial score (nSPS) is 21.9. The lowest BCUT2D eigenvalue weighted by Gasteiger charge is -2.44. The van der Waals surface area contributed by atoms with Crippen LogP contribution in [-0.2, 0) is 116 Å². The van der Waals surface area contributed by atoms with Gasteiger partial charge in [0.15, 0.2) is 37.0 Å². The minimum atomic E-state index is -1.23. The zero-order chi connectivity index (χ0) is 63.4. The minimum absolute atomic E-state index is 0.0235. The Labute approximate surface area is 500 Å². The maximum absolute atomic E-state index is 12.8. The molecule has 0 saturated carbocycles. The van der Waals surface area contributed by atoms with Crippen LogP contribution in [0.25, 0.3) is 0 Å². The standard InChI is InChI=1S/C57H87N5O24/c1-35(63)60-49-53(83-41(7)69)51(81-39(5)67)45(33-78-37(3)65)85-55(49)76-26-18-11-9-16-24-58-47(71)22-28-74-31-44(62-57(73)80-30-43-20-14-13-15-21-43)32-75-29-23-48(72)59-25-17-10-12-19-27-77-56-50(61-36(2)64)54(84-42(8)70)52(82-40(6)68)46(86-56)34-79-38(4)66/h13-15,20-21,44-46,49-56H,9-12,16-19,22-34H2,1-8H3,(H,58,71)(H,59,72)(H,60,63)(H,61,64)(H,62,73). The molecule has 2 aliphatic heterocycles. The number of alkyl carbamates (subject to hydrolysis) is 1. The summed E-state index contributed by atoms with van der Waals surface area (Å²) < 4.78 is 73.0. The summed E-state index contributed by atoms with van der Waals surface area (Å²) in [5.74, 6) is -5.61. The lowest BCUT2D eigenvalue weighted by atomic mass is 9.96. The summed E-state index contributed by atoms with van der Waals surface area (Å²) in [5, 5.41) is 13.7. The molecule has 1 aromatic carbocycles. The molecule has 484 valence electrons. The monoisotopic (exact) mass is 1230 g/mol. The van der Waals surface area contributed by atoms with Gasteiger partial charge in [0.2, 0.25) is 23.6 Å². The highest BCUT2D eigenvalue weighted by atomic mass is 16.7. The van der Waals surface area contributed by atoms with Gasteiger partial charge in [-0.15, -0.1) is 0 Å². The van der Waals surface area contributed by atoms with Crippen molar-refractivity contribution in [2.45, 2.75) is 194 Å². The van der Waals surface area contributed by atoms with Gasteiger partial charge in [-0.25, -0.2) is 4.79 Å². The number of carbonyl (C=O) groups is 11. The quantitative estimate of drug-likeness (QED) is 0.0356. The minimum Gasteiger partial charge on any atom is -0.463 e. The molecule has 0 spiro atoms. The van der Waals surface area contributed by atoms with Crippen molar-refractivity contribution in [3.8, 4) is 0 Å². The van der Waals surface area contributed by atoms with Crippen molar-refractivity contribution in [3.63, 3.8) is 0 Å². The highest BCUT2D eigenvalue weighted by molar-refractivity contribution is 5.77. The molecule has 29 heteroatoms. The van der Waals surface area contributed by atoms with Crippen molar-refractivity contribution in [1.29, 1.82) is 0 Å². The first kappa shape index (κ1) is 73.2. The van der Waals surface area contributed by atoms with Crippen LogP contribution in [0, 0.1) is 0 Å². The van der Waals surface area contributed by atoms with Crippen LogP contribution < -0.4 is 26.6 Å². The maximum atomic E-state index is 12.8. The first-order chi connectivity index (χ1) is 41.0. The second kappa shape index (κ2) is 41.1. The summed E-state index contributed by atoms with van der Waals surface area (Å²) in [7, 11) is 0. The van der Waals surface area contributed by atoms with Crippen molar-refractivity contribution in [2.24, 2.45) is 0 Å². The molecule has 3 rings (SSSR count). The lowest BCUT2D eigenvalue weighted by molar-refractivity contribution is -0.277. The van der Waals surface area contributed by atoms with Gasteiger partial charge >= 0.3 is 41.9 Å². The summed E-state index contributed by atoms with van der Waals surface area (Å²) in [6.45, 7) is 9.91. The van der Waals surface area contributed by atoms with E-state index in [1.54, 1.807) is 0 Å². The van der Waals surface area contributed by atoms with Crippen LogP contribution in [-0.4, -0.2) is 199 Å². The van der Waals surface area contributed by atoms with E-state index < -0.39 is 121 Å². The van der Waals surface area contributed by atoms with Gasteiger partial charge in [0.25, 0.3) is 0 Å². The number of hydrogen-bond acceptors (Lipinski definition) is 24. The van der Waals surface area contributed by atoms with E-state index in [1.165, 1.54) is 27.7 Å². The first-order valence-electron chi connectivity index (χ1n) is 28.7. The molecular formula is C57H87N5O24. The number of amides is 5. The topological polar surface area (TPSA) is 368 Å². The van der Waals surface area contributed by atoms with E-state index in [-0.39, 0.29) is 84.1 Å². The molecule has 2 heterocycles. The molecule has 2 aliphatic rings. The van der Waals surface area contributed by atoms with E-state index in [1.807, 2.05) is 30.3 Å². The van der Waals surface area contributed by atoms with E-state index in [2.05, 4.69) is 26.6 Å². The summed E-state index contributed by atoms with van der Waals surface area (Å²) in [6, 6.07) is 6.25.